The Bertz CT molecular complexity index is 1550. The number of aliphatic hydroxyl groups is 2. The molecule has 1 fully saturated rings. The minimum absolute atomic E-state index is 0.0388. The number of aromatic amines is 1. The van der Waals surface area contributed by atoms with E-state index in [-0.39, 0.29) is 12.2 Å². The average molecular weight is 483 g/mol. The molecule has 0 radical (unpaired) electrons. The second-order valence-electron chi connectivity index (χ2n) is 8.11. The van der Waals surface area contributed by atoms with Crippen molar-refractivity contribution in [2.24, 2.45) is 0 Å². The summed E-state index contributed by atoms with van der Waals surface area (Å²) in [4.78, 5) is 37.9. The molecule has 3 aromatic heterocycles. The van der Waals surface area contributed by atoms with Gasteiger partial charge < -0.3 is 24.1 Å². The molecule has 13 nitrogen and oxygen atoms in total. The van der Waals surface area contributed by atoms with E-state index in [0.29, 0.717) is 22.4 Å². The zero-order valence-electron chi connectivity index (χ0n) is 18.4. The summed E-state index contributed by atoms with van der Waals surface area (Å²) in [5.74, 6) is 0.316. The average Bonchev–Trinajstić information content (AvgIpc) is 3.43. The van der Waals surface area contributed by atoms with Crippen LogP contribution >= 0.6 is 0 Å². The third-order valence-electron chi connectivity index (χ3n) is 5.79. The molecule has 0 amide bonds. The molecule has 0 bridgehead atoms. The molecule has 0 spiro atoms. The van der Waals surface area contributed by atoms with E-state index in [1.807, 2.05) is 0 Å². The summed E-state index contributed by atoms with van der Waals surface area (Å²) in [5.41, 5.74) is -0.834. The molecule has 4 aromatic rings. The third-order valence-corrected chi connectivity index (χ3v) is 5.79. The maximum atomic E-state index is 12.3. The van der Waals surface area contributed by atoms with Crippen molar-refractivity contribution in [2.75, 3.05) is 6.61 Å². The first-order valence-electron chi connectivity index (χ1n) is 10.7. The fraction of sp³-hybridized carbons (Fsp3) is 0.318. The van der Waals surface area contributed by atoms with Gasteiger partial charge in [0.15, 0.2) is 6.23 Å². The van der Waals surface area contributed by atoms with E-state index < -0.39 is 48.0 Å². The summed E-state index contributed by atoms with van der Waals surface area (Å²) >= 11 is 0. The number of rotatable bonds is 6. The van der Waals surface area contributed by atoms with E-state index in [0.717, 1.165) is 4.57 Å². The van der Waals surface area contributed by atoms with Crippen LogP contribution in [0.4, 0.5) is 0 Å². The van der Waals surface area contributed by atoms with Crippen LogP contribution in [0.25, 0.3) is 11.0 Å². The van der Waals surface area contributed by atoms with Gasteiger partial charge in [0, 0.05) is 11.8 Å². The van der Waals surface area contributed by atoms with Crippen LogP contribution in [-0.4, -0.2) is 53.6 Å². The van der Waals surface area contributed by atoms with Crippen LogP contribution in [0.15, 0.2) is 61.5 Å². The number of nitrogens with zero attached hydrogens (tertiary/aromatic N) is 4. The van der Waals surface area contributed by atoms with Crippen molar-refractivity contribution < 1.29 is 24.1 Å². The van der Waals surface area contributed by atoms with Crippen LogP contribution in [0.5, 0.6) is 5.75 Å². The molecule has 0 unspecified atom stereocenters. The number of nitrogens with one attached hydrogen (secondary N) is 1. The summed E-state index contributed by atoms with van der Waals surface area (Å²) in [6, 6.07) is 7.29. The molecule has 13 heteroatoms. The number of benzene rings is 1. The van der Waals surface area contributed by atoms with Crippen molar-refractivity contribution in [3.8, 4) is 5.75 Å². The van der Waals surface area contributed by atoms with Gasteiger partial charge in [0.2, 0.25) is 0 Å². The van der Waals surface area contributed by atoms with Gasteiger partial charge in [0.25, 0.3) is 5.56 Å². The normalized spacial score (nSPS) is 22.0. The molecular formula is C22H21N5O8. The van der Waals surface area contributed by atoms with Gasteiger partial charge in [0.1, 0.15) is 41.9 Å². The number of ether oxygens (including phenoxy) is 2. The Kier molecular flexibility index (Phi) is 5.80. The Morgan fingerprint density at radius 2 is 2.00 bits per heavy atom. The highest BCUT2D eigenvalue weighted by atomic mass is 16.5. The second-order valence-corrected chi connectivity index (χ2v) is 8.11. The van der Waals surface area contributed by atoms with E-state index >= 15 is 0 Å². The Hall–Kier alpha value is -4.07. The lowest BCUT2D eigenvalue weighted by Crippen LogP contribution is -2.37. The minimum Gasteiger partial charge on any atom is -0.486 e. The highest BCUT2D eigenvalue weighted by molar-refractivity contribution is 5.82. The molecule has 182 valence electrons. The first kappa shape index (κ1) is 22.7. The molecule has 4 heterocycles. The van der Waals surface area contributed by atoms with Crippen molar-refractivity contribution in [1.29, 1.82) is 0 Å². The van der Waals surface area contributed by atoms with Gasteiger partial charge in [-0.25, -0.2) is 14.3 Å². The molecule has 1 aliphatic rings. The van der Waals surface area contributed by atoms with Crippen LogP contribution in [0, 0.1) is 6.92 Å². The molecular weight excluding hydrogens is 462 g/mol. The summed E-state index contributed by atoms with van der Waals surface area (Å²) in [6.07, 6.45) is -0.580. The molecule has 0 saturated carbocycles. The van der Waals surface area contributed by atoms with Crippen molar-refractivity contribution in [2.45, 2.75) is 38.0 Å². The van der Waals surface area contributed by atoms with E-state index in [1.54, 1.807) is 24.3 Å². The molecule has 0 aliphatic carbocycles. The smallest absolute Gasteiger partial charge is 0.339 e. The number of H-pyrrole nitrogens is 1. The topological polar surface area (TPSA) is 175 Å². The van der Waals surface area contributed by atoms with Crippen LogP contribution in [-0.2, 0) is 11.3 Å². The van der Waals surface area contributed by atoms with Crippen molar-refractivity contribution >= 4 is 11.0 Å². The first-order valence-corrected chi connectivity index (χ1v) is 10.7. The Balaban J connectivity index is 1.38. The number of hydrogen-bond donors (Lipinski definition) is 3. The lowest BCUT2D eigenvalue weighted by molar-refractivity contribution is -0.0536. The predicted octanol–water partition coefficient (Wildman–Crippen LogP) is -0.386. The van der Waals surface area contributed by atoms with Gasteiger partial charge in [-0.05, 0) is 19.1 Å². The Labute approximate surface area is 195 Å². The van der Waals surface area contributed by atoms with Crippen LogP contribution in [0.2, 0.25) is 0 Å². The first-order chi connectivity index (χ1) is 16.9. The number of para-hydroxylation sites is 1. The zero-order chi connectivity index (χ0) is 24.7. The molecule has 3 N–H and O–H groups in total. The maximum Gasteiger partial charge on any atom is 0.339 e. The lowest BCUT2D eigenvalue weighted by atomic mass is 10.1. The van der Waals surface area contributed by atoms with Gasteiger partial charge in [-0.15, -0.1) is 5.10 Å². The van der Waals surface area contributed by atoms with Gasteiger partial charge in [-0.2, -0.15) is 0 Å². The molecule has 1 aromatic carbocycles. The second kappa shape index (κ2) is 8.94. The van der Waals surface area contributed by atoms with Crippen LogP contribution in [0.3, 0.4) is 0 Å². The molecule has 1 aliphatic heterocycles. The summed E-state index contributed by atoms with van der Waals surface area (Å²) in [6.45, 7) is 1.01. The number of fused-ring (bicyclic) bond motifs is 1. The number of aliphatic hydroxyl groups excluding tert-OH is 2. The number of aromatic nitrogens is 5. The largest absolute Gasteiger partial charge is 0.486 e. The van der Waals surface area contributed by atoms with Gasteiger partial charge in [-0.3, -0.25) is 14.3 Å². The molecule has 4 atom stereocenters. The van der Waals surface area contributed by atoms with Crippen LogP contribution < -0.4 is 21.6 Å². The highest BCUT2D eigenvalue weighted by Gasteiger charge is 2.46. The Morgan fingerprint density at radius 1 is 1.20 bits per heavy atom. The van der Waals surface area contributed by atoms with Crippen molar-refractivity contribution in [3.05, 3.63) is 85.2 Å². The van der Waals surface area contributed by atoms with Gasteiger partial charge >= 0.3 is 11.3 Å². The van der Waals surface area contributed by atoms with E-state index in [4.69, 9.17) is 13.9 Å². The number of hydrogen-bond acceptors (Lipinski definition) is 10. The SMILES string of the molecule is Cc1cn([C@@H]2O[C@H](CO)[C@@H](n3cc(COc4cc(=O)oc5ccccc45)nn3)[C@H]2O)c(=O)[nH]c1=O. The zero-order valence-corrected chi connectivity index (χ0v) is 18.4. The molecule has 5 rings (SSSR count). The highest BCUT2D eigenvalue weighted by Crippen LogP contribution is 2.36. The van der Waals surface area contributed by atoms with Crippen molar-refractivity contribution in [1.82, 2.24) is 24.5 Å². The molecule has 1 saturated heterocycles. The fourth-order valence-electron chi connectivity index (χ4n) is 4.09. The van der Waals surface area contributed by atoms with E-state index in [9.17, 15) is 24.6 Å². The Morgan fingerprint density at radius 3 is 2.80 bits per heavy atom. The quantitative estimate of drug-likeness (QED) is 0.306. The predicted molar refractivity (Wildman–Crippen MR) is 119 cm³/mol. The standard InChI is InChI=1S/C22H21N5O8/c1-11-7-26(22(32)23-20(11)31)21-19(30)18(16(9-28)35-21)27-8-12(24-25-27)10-33-15-6-17(29)34-14-5-3-2-4-13(14)15/h2-8,16,18-19,21,28,30H,9-10H2,1H3,(H,23,31,32)/t16-,18-,19-,21-/m1/s1. The van der Waals surface area contributed by atoms with Crippen molar-refractivity contribution in [3.63, 3.8) is 0 Å². The third kappa shape index (κ3) is 4.16. The van der Waals surface area contributed by atoms with Crippen LogP contribution in [0.1, 0.15) is 23.5 Å². The summed E-state index contributed by atoms with van der Waals surface area (Å²) in [5, 5.41) is 29.5. The summed E-state index contributed by atoms with van der Waals surface area (Å²) in [7, 11) is 0. The molecule has 35 heavy (non-hydrogen) atoms. The lowest BCUT2D eigenvalue weighted by Gasteiger charge is -2.19. The van der Waals surface area contributed by atoms with E-state index in [2.05, 4.69) is 15.3 Å². The number of aryl methyl sites for hydroxylation is 1. The summed E-state index contributed by atoms with van der Waals surface area (Å²) < 4.78 is 19.0. The van der Waals surface area contributed by atoms with Gasteiger partial charge in [-0.1, -0.05) is 17.3 Å². The minimum atomic E-state index is -1.30. The maximum absolute atomic E-state index is 12.3. The van der Waals surface area contributed by atoms with Gasteiger partial charge in [0.05, 0.1) is 24.3 Å². The van der Waals surface area contributed by atoms with E-state index in [1.165, 1.54) is 30.1 Å². The fourth-order valence-corrected chi connectivity index (χ4v) is 4.09. The monoisotopic (exact) mass is 483 g/mol.